The molecule has 0 saturated heterocycles. The number of rotatable bonds is 10. The Hall–Kier alpha value is -4.64. The SMILES string of the molecule is COc1cc(C(=O)NCC(C)(O)c2ccc(OC)c(-c3cn(C)c4c(F)cccc34)n2)ccc1OCC(N)=O. The van der Waals surface area contributed by atoms with Crippen molar-refractivity contribution in [3.8, 4) is 28.5 Å². The maximum Gasteiger partial charge on any atom is 0.255 e. The third kappa shape index (κ3) is 5.63. The summed E-state index contributed by atoms with van der Waals surface area (Å²) in [5, 5.41) is 14.6. The highest BCUT2D eigenvalue weighted by atomic mass is 19.1. The molecule has 0 saturated carbocycles. The van der Waals surface area contributed by atoms with Crippen molar-refractivity contribution in [2.24, 2.45) is 12.8 Å². The summed E-state index contributed by atoms with van der Waals surface area (Å²) in [4.78, 5) is 28.5. The Morgan fingerprint density at radius 1 is 1.10 bits per heavy atom. The van der Waals surface area contributed by atoms with E-state index in [4.69, 9.17) is 19.9 Å². The summed E-state index contributed by atoms with van der Waals surface area (Å²) in [5.41, 5.74) is 5.54. The maximum atomic E-state index is 14.5. The van der Waals surface area contributed by atoms with Gasteiger partial charge in [-0.2, -0.15) is 0 Å². The summed E-state index contributed by atoms with van der Waals surface area (Å²) >= 11 is 0. The van der Waals surface area contributed by atoms with E-state index >= 15 is 0 Å². The Morgan fingerprint density at radius 3 is 2.51 bits per heavy atom. The van der Waals surface area contributed by atoms with Gasteiger partial charge in [0.1, 0.15) is 22.9 Å². The summed E-state index contributed by atoms with van der Waals surface area (Å²) in [6, 6.07) is 12.5. The molecule has 2 heterocycles. The van der Waals surface area contributed by atoms with Gasteiger partial charge in [0.15, 0.2) is 18.1 Å². The minimum absolute atomic E-state index is 0.170. The molecule has 1 unspecified atom stereocenters. The van der Waals surface area contributed by atoms with Crippen molar-refractivity contribution in [2.45, 2.75) is 12.5 Å². The molecule has 4 rings (SSSR count). The van der Waals surface area contributed by atoms with E-state index in [1.165, 1.54) is 45.4 Å². The lowest BCUT2D eigenvalue weighted by molar-refractivity contribution is -0.119. The van der Waals surface area contributed by atoms with Crippen LogP contribution in [0.2, 0.25) is 0 Å². The number of ether oxygens (including phenoxy) is 3. The molecular formula is C28H29FN4O6. The van der Waals surface area contributed by atoms with Gasteiger partial charge in [-0.3, -0.25) is 9.59 Å². The average Bonchev–Trinajstić information content (AvgIpc) is 3.27. The van der Waals surface area contributed by atoms with E-state index in [-0.39, 0.29) is 41.7 Å². The molecule has 0 aliphatic rings. The smallest absolute Gasteiger partial charge is 0.255 e. The molecule has 204 valence electrons. The number of hydrogen-bond acceptors (Lipinski definition) is 7. The molecule has 0 radical (unpaired) electrons. The molecule has 2 aromatic carbocycles. The summed E-state index contributed by atoms with van der Waals surface area (Å²) in [5.74, 6) is -0.555. The van der Waals surface area contributed by atoms with Crippen LogP contribution in [0.5, 0.6) is 17.2 Å². The number of amides is 2. The number of carbonyl (C=O) groups excluding carboxylic acids is 2. The van der Waals surface area contributed by atoms with Gasteiger partial charge in [-0.1, -0.05) is 12.1 Å². The van der Waals surface area contributed by atoms with E-state index < -0.39 is 17.4 Å². The first-order chi connectivity index (χ1) is 18.6. The monoisotopic (exact) mass is 536 g/mol. The second-order valence-corrected chi connectivity index (χ2v) is 9.11. The Morgan fingerprint density at radius 2 is 1.82 bits per heavy atom. The van der Waals surface area contributed by atoms with Crippen molar-refractivity contribution in [3.63, 3.8) is 0 Å². The molecule has 2 amide bonds. The van der Waals surface area contributed by atoms with Gasteiger partial charge in [-0.25, -0.2) is 9.37 Å². The minimum atomic E-state index is -1.57. The zero-order chi connectivity index (χ0) is 28.3. The van der Waals surface area contributed by atoms with Crippen molar-refractivity contribution < 1.29 is 33.3 Å². The van der Waals surface area contributed by atoms with Gasteiger partial charge in [-0.05, 0) is 43.3 Å². The van der Waals surface area contributed by atoms with Gasteiger partial charge < -0.3 is 34.9 Å². The number of nitrogens with one attached hydrogen (secondary N) is 1. The number of aromatic nitrogens is 2. The van der Waals surface area contributed by atoms with Crippen LogP contribution in [0, 0.1) is 5.82 Å². The van der Waals surface area contributed by atoms with Crippen LogP contribution in [0.4, 0.5) is 4.39 Å². The van der Waals surface area contributed by atoms with Crippen LogP contribution in [0.15, 0.2) is 54.7 Å². The molecule has 0 bridgehead atoms. The van der Waals surface area contributed by atoms with Crippen LogP contribution in [-0.4, -0.2) is 53.8 Å². The quantitative estimate of drug-likeness (QED) is 0.283. The number of pyridine rings is 1. The molecule has 0 fully saturated rings. The molecule has 0 spiro atoms. The summed E-state index contributed by atoms with van der Waals surface area (Å²) in [6.07, 6.45) is 1.75. The largest absolute Gasteiger partial charge is 0.494 e. The standard InChI is InChI=1S/C28H29FN4O6/c1-28(36,15-31-27(35)16-8-9-20(22(12-16)38-4)39-14-24(30)34)23-11-10-21(37-3)25(32-23)18-13-33(2)26-17(18)6-5-7-19(26)29/h5-13,36H,14-15H2,1-4H3,(H2,30,34)(H,31,35). The van der Waals surface area contributed by atoms with E-state index in [1.54, 1.807) is 42.1 Å². The number of nitrogens with two attached hydrogens (primary N) is 1. The normalized spacial score (nSPS) is 12.6. The molecule has 4 aromatic rings. The minimum Gasteiger partial charge on any atom is -0.494 e. The summed E-state index contributed by atoms with van der Waals surface area (Å²) in [6.45, 7) is 1.02. The molecule has 39 heavy (non-hydrogen) atoms. The highest BCUT2D eigenvalue weighted by molar-refractivity contribution is 5.97. The van der Waals surface area contributed by atoms with Crippen LogP contribution in [-0.2, 0) is 17.4 Å². The van der Waals surface area contributed by atoms with Crippen molar-refractivity contribution in [1.82, 2.24) is 14.9 Å². The van der Waals surface area contributed by atoms with Crippen molar-refractivity contribution in [1.29, 1.82) is 0 Å². The van der Waals surface area contributed by atoms with E-state index in [9.17, 15) is 19.1 Å². The fourth-order valence-electron chi connectivity index (χ4n) is 4.23. The maximum absolute atomic E-state index is 14.5. The van der Waals surface area contributed by atoms with Crippen molar-refractivity contribution in [3.05, 3.63) is 71.8 Å². The lowest BCUT2D eigenvalue weighted by Crippen LogP contribution is -2.39. The van der Waals surface area contributed by atoms with Crippen molar-refractivity contribution >= 4 is 22.7 Å². The topological polar surface area (TPSA) is 138 Å². The third-order valence-corrected chi connectivity index (χ3v) is 6.23. The summed E-state index contributed by atoms with van der Waals surface area (Å²) < 4.78 is 32.2. The number of methoxy groups -OCH3 is 2. The number of benzene rings is 2. The van der Waals surface area contributed by atoms with Gasteiger partial charge >= 0.3 is 0 Å². The molecule has 2 aromatic heterocycles. The molecule has 11 heteroatoms. The first-order valence-electron chi connectivity index (χ1n) is 11.9. The first-order valence-corrected chi connectivity index (χ1v) is 11.9. The van der Waals surface area contributed by atoms with Gasteiger partial charge in [-0.15, -0.1) is 0 Å². The molecular weight excluding hydrogens is 507 g/mol. The van der Waals surface area contributed by atoms with E-state index in [0.29, 0.717) is 27.9 Å². The molecule has 10 nitrogen and oxygen atoms in total. The molecule has 0 aliphatic heterocycles. The van der Waals surface area contributed by atoms with Crippen LogP contribution in [0.3, 0.4) is 0 Å². The number of primary amides is 1. The van der Waals surface area contributed by atoms with E-state index in [2.05, 4.69) is 10.3 Å². The fraction of sp³-hybridized carbons (Fsp3) is 0.250. The number of aryl methyl sites for hydroxylation is 1. The Kier molecular flexibility index (Phi) is 7.73. The molecule has 0 aliphatic carbocycles. The second kappa shape index (κ2) is 11.0. The average molecular weight is 537 g/mol. The Balaban J connectivity index is 1.58. The molecule has 4 N–H and O–H groups in total. The van der Waals surface area contributed by atoms with Gasteiger partial charge in [0.25, 0.3) is 11.8 Å². The second-order valence-electron chi connectivity index (χ2n) is 9.11. The number of para-hydroxylation sites is 1. The third-order valence-electron chi connectivity index (χ3n) is 6.23. The van der Waals surface area contributed by atoms with Crippen LogP contribution < -0.4 is 25.3 Å². The lowest BCUT2D eigenvalue weighted by atomic mass is 9.99. The first kappa shape index (κ1) is 27.4. The number of aliphatic hydroxyl groups is 1. The predicted molar refractivity (Wildman–Crippen MR) is 142 cm³/mol. The zero-order valence-corrected chi connectivity index (χ0v) is 21.9. The van der Waals surface area contributed by atoms with E-state index in [1.807, 2.05) is 0 Å². The van der Waals surface area contributed by atoms with Crippen LogP contribution >= 0.6 is 0 Å². The lowest BCUT2D eigenvalue weighted by Gasteiger charge is -2.24. The number of fused-ring (bicyclic) bond motifs is 1. The Labute approximate surface area is 224 Å². The number of nitrogens with zero attached hydrogens (tertiary/aromatic N) is 2. The van der Waals surface area contributed by atoms with E-state index in [0.717, 1.165) is 0 Å². The van der Waals surface area contributed by atoms with Crippen LogP contribution in [0.1, 0.15) is 23.0 Å². The van der Waals surface area contributed by atoms with Crippen LogP contribution in [0.25, 0.3) is 22.2 Å². The Bertz CT molecular complexity index is 1550. The van der Waals surface area contributed by atoms with Crippen molar-refractivity contribution in [2.75, 3.05) is 27.4 Å². The highest BCUT2D eigenvalue weighted by Gasteiger charge is 2.28. The highest BCUT2D eigenvalue weighted by Crippen LogP contribution is 2.37. The predicted octanol–water partition coefficient (Wildman–Crippen LogP) is 2.90. The summed E-state index contributed by atoms with van der Waals surface area (Å²) in [7, 11) is 4.64. The van der Waals surface area contributed by atoms with Gasteiger partial charge in [0.2, 0.25) is 0 Å². The van der Waals surface area contributed by atoms with Gasteiger partial charge in [0.05, 0.1) is 32.0 Å². The number of halogens is 1. The zero-order valence-electron chi connectivity index (χ0n) is 21.9. The number of hydrogen-bond donors (Lipinski definition) is 3. The fourth-order valence-corrected chi connectivity index (χ4v) is 4.23. The molecule has 1 atom stereocenters. The number of carbonyl (C=O) groups is 2. The van der Waals surface area contributed by atoms with Gasteiger partial charge in [0, 0.05) is 29.8 Å².